The number of fused-ring (bicyclic) bond motifs is 1. The number of esters is 1. The normalized spacial score (nSPS) is 19.7. The molecule has 0 spiro atoms. The maximum atomic E-state index is 13.1. The molecule has 2 aromatic rings. The molecular formula is C24H28N2O5. The number of carbonyl (C=O) groups excluding carboxylic acids is 2. The molecule has 0 aliphatic carbocycles. The summed E-state index contributed by atoms with van der Waals surface area (Å²) in [5, 5.41) is 2.92. The summed E-state index contributed by atoms with van der Waals surface area (Å²) in [4.78, 5) is 27.8. The summed E-state index contributed by atoms with van der Waals surface area (Å²) in [6, 6.07) is 13.1. The molecular weight excluding hydrogens is 396 g/mol. The van der Waals surface area contributed by atoms with Crippen LogP contribution in [-0.2, 0) is 16.0 Å². The fourth-order valence-electron chi connectivity index (χ4n) is 4.32. The first-order chi connectivity index (χ1) is 15.0. The highest BCUT2D eigenvalue weighted by Crippen LogP contribution is 2.37. The quantitative estimate of drug-likeness (QED) is 0.730. The number of ether oxygens (including phenoxy) is 3. The molecule has 0 unspecified atom stereocenters. The van der Waals surface area contributed by atoms with Crippen molar-refractivity contribution < 1.29 is 23.8 Å². The van der Waals surface area contributed by atoms with Crippen LogP contribution in [0.3, 0.4) is 0 Å². The minimum absolute atomic E-state index is 0.180. The van der Waals surface area contributed by atoms with E-state index in [1.807, 2.05) is 38.1 Å². The van der Waals surface area contributed by atoms with E-state index < -0.39 is 5.41 Å². The number of rotatable bonds is 5. The molecule has 1 saturated heterocycles. The standard InChI is InChI=1S/C24H28N2O5/c1-3-29-22(27)24(14-18-8-5-4-7-17(18)2)11-6-12-26(15-24)23(28)25-19-9-10-20-21(13-19)31-16-30-20/h4-5,7-10,13H,3,6,11-12,14-16H2,1-2H3,(H,25,28)/t24-/m0/s1. The number of nitrogens with one attached hydrogen (secondary N) is 1. The monoisotopic (exact) mass is 424 g/mol. The molecule has 0 saturated carbocycles. The molecule has 1 atom stereocenters. The smallest absolute Gasteiger partial charge is 0.321 e. The fraction of sp³-hybridized carbons (Fsp3) is 0.417. The predicted octanol–water partition coefficient (Wildman–Crippen LogP) is 4.14. The Labute approximate surface area is 182 Å². The molecule has 0 radical (unpaired) electrons. The van der Waals surface area contributed by atoms with E-state index in [2.05, 4.69) is 5.32 Å². The number of carbonyl (C=O) groups is 2. The molecule has 7 heteroatoms. The lowest BCUT2D eigenvalue weighted by molar-refractivity contribution is -0.158. The number of nitrogens with zero attached hydrogens (tertiary/aromatic N) is 1. The zero-order valence-corrected chi connectivity index (χ0v) is 18.0. The number of amides is 2. The molecule has 2 aliphatic rings. The summed E-state index contributed by atoms with van der Waals surface area (Å²) in [7, 11) is 0. The first-order valence-electron chi connectivity index (χ1n) is 10.7. The zero-order chi connectivity index (χ0) is 21.8. The van der Waals surface area contributed by atoms with E-state index in [1.165, 1.54) is 0 Å². The molecule has 0 bridgehead atoms. The van der Waals surface area contributed by atoms with Crippen LogP contribution in [0.25, 0.3) is 0 Å². The van der Waals surface area contributed by atoms with Gasteiger partial charge < -0.3 is 24.4 Å². The van der Waals surface area contributed by atoms with Gasteiger partial charge in [0.25, 0.3) is 0 Å². The summed E-state index contributed by atoms with van der Waals surface area (Å²) in [5.41, 5.74) is 2.11. The van der Waals surface area contributed by atoms with Crippen LogP contribution in [0.5, 0.6) is 11.5 Å². The van der Waals surface area contributed by atoms with Crippen molar-refractivity contribution in [1.29, 1.82) is 0 Å². The van der Waals surface area contributed by atoms with E-state index in [1.54, 1.807) is 23.1 Å². The van der Waals surface area contributed by atoms with E-state index in [9.17, 15) is 9.59 Å². The summed E-state index contributed by atoms with van der Waals surface area (Å²) < 4.78 is 16.2. The lowest BCUT2D eigenvalue weighted by Crippen LogP contribution is -2.52. The van der Waals surface area contributed by atoms with E-state index in [0.29, 0.717) is 49.7 Å². The number of benzene rings is 2. The second-order valence-corrected chi connectivity index (χ2v) is 8.13. The molecule has 31 heavy (non-hydrogen) atoms. The Hall–Kier alpha value is -3.22. The average Bonchev–Trinajstić information content (AvgIpc) is 3.23. The minimum atomic E-state index is -0.757. The van der Waals surface area contributed by atoms with Crippen LogP contribution < -0.4 is 14.8 Å². The second kappa shape index (κ2) is 8.88. The number of hydrogen-bond acceptors (Lipinski definition) is 5. The first kappa shape index (κ1) is 21.0. The number of piperidine rings is 1. The highest BCUT2D eigenvalue weighted by molar-refractivity contribution is 5.90. The van der Waals surface area contributed by atoms with Crippen molar-refractivity contribution in [3.8, 4) is 11.5 Å². The van der Waals surface area contributed by atoms with Crippen molar-refractivity contribution in [3.05, 3.63) is 53.6 Å². The third-order valence-electron chi connectivity index (χ3n) is 5.99. The summed E-state index contributed by atoms with van der Waals surface area (Å²) >= 11 is 0. The lowest BCUT2D eigenvalue weighted by atomic mass is 9.74. The topological polar surface area (TPSA) is 77.1 Å². The van der Waals surface area contributed by atoms with Gasteiger partial charge in [0.05, 0.1) is 12.0 Å². The molecule has 7 nitrogen and oxygen atoms in total. The van der Waals surface area contributed by atoms with Gasteiger partial charge in [-0.15, -0.1) is 0 Å². The number of likely N-dealkylation sites (tertiary alicyclic amines) is 1. The number of hydrogen-bond donors (Lipinski definition) is 1. The molecule has 1 N–H and O–H groups in total. The van der Waals surface area contributed by atoms with Crippen LogP contribution >= 0.6 is 0 Å². The van der Waals surface area contributed by atoms with Gasteiger partial charge in [-0.2, -0.15) is 0 Å². The maximum absolute atomic E-state index is 13.1. The predicted molar refractivity (Wildman–Crippen MR) is 116 cm³/mol. The highest BCUT2D eigenvalue weighted by Gasteiger charge is 2.45. The van der Waals surface area contributed by atoms with Crippen molar-refractivity contribution in [2.75, 3.05) is 31.8 Å². The Balaban J connectivity index is 1.53. The molecule has 2 amide bonds. The number of aryl methyl sites for hydroxylation is 1. The molecule has 164 valence electrons. The van der Waals surface area contributed by atoms with Crippen LogP contribution in [0.15, 0.2) is 42.5 Å². The van der Waals surface area contributed by atoms with Crippen LogP contribution in [0.2, 0.25) is 0 Å². The number of urea groups is 1. The van der Waals surface area contributed by atoms with Gasteiger partial charge in [-0.3, -0.25) is 4.79 Å². The molecule has 0 aromatic heterocycles. The van der Waals surface area contributed by atoms with Crippen molar-refractivity contribution in [2.45, 2.75) is 33.1 Å². The van der Waals surface area contributed by atoms with Gasteiger partial charge in [0.2, 0.25) is 6.79 Å². The van der Waals surface area contributed by atoms with Gasteiger partial charge in [0, 0.05) is 24.8 Å². The van der Waals surface area contributed by atoms with E-state index in [4.69, 9.17) is 14.2 Å². The Morgan fingerprint density at radius 1 is 1.16 bits per heavy atom. The summed E-state index contributed by atoms with van der Waals surface area (Å²) in [5.74, 6) is 1.03. The van der Waals surface area contributed by atoms with Gasteiger partial charge >= 0.3 is 12.0 Å². The highest BCUT2D eigenvalue weighted by atomic mass is 16.7. The second-order valence-electron chi connectivity index (χ2n) is 8.13. The maximum Gasteiger partial charge on any atom is 0.321 e. The van der Waals surface area contributed by atoms with Crippen molar-refractivity contribution in [2.24, 2.45) is 5.41 Å². The number of anilines is 1. The molecule has 2 aliphatic heterocycles. The molecule has 2 aromatic carbocycles. The summed E-state index contributed by atoms with van der Waals surface area (Å²) in [6.07, 6.45) is 1.97. The van der Waals surface area contributed by atoms with Crippen LogP contribution in [0.4, 0.5) is 10.5 Å². The fourth-order valence-corrected chi connectivity index (χ4v) is 4.32. The average molecular weight is 424 g/mol. The van der Waals surface area contributed by atoms with Gasteiger partial charge in [0.15, 0.2) is 11.5 Å². The summed E-state index contributed by atoms with van der Waals surface area (Å²) in [6.45, 7) is 5.26. The Morgan fingerprint density at radius 2 is 1.97 bits per heavy atom. The third kappa shape index (κ3) is 4.45. The van der Waals surface area contributed by atoms with Gasteiger partial charge in [0.1, 0.15) is 0 Å². The minimum Gasteiger partial charge on any atom is -0.466 e. The zero-order valence-electron chi connectivity index (χ0n) is 18.0. The first-order valence-corrected chi connectivity index (χ1v) is 10.7. The van der Waals surface area contributed by atoms with Gasteiger partial charge in [-0.1, -0.05) is 24.3 Å². The van der Waals surface area contributed by atoms with Crippen LogP contribution in [0, 0.1) is 12.3 Å². The van der Waals surface area contributed by atoms with E-state index in [-0.39, 0.29) is 18.8 Å². The Morgan fingerprint density at radius 3 is 2.77 bits per heavy atom. The van der Waals surface area contributed by atoms with Gasteiger partial charge in [-0.05, 0) is 56.4 Å². The van der Waals surface area contributed by atoms with Crippen molar-refractivity contribution >= 4 is 17.7 Å². The van der Waals surface area contributed by atoms with E-state index >= 15 is 0 Å². The van der Waals surface area contributed by atoms with Crippen molar-refractivity contribution in [3.63, 3.8) is 0 Å². The van der Waals surface area contributed by atoms with Crippen LogP contribution in [0.1, 0.15) is 30.9 Å². The van der Waals surface area contributed by atoms with Crippen molar-refractivity contribution in [1.82, 2.24) is 4.90 Å². The SMILES string of the molecule is CCOC(=O)[C@]1(Cc2ccccc2C)CCCN(C(=O)Nc2ccc3c(c2)OCO3)C1. The van der Waals surface area contributed by atoms with Crippen LogP contribution in [-0.4, -0.2) is 43.4 Å². The third-order valence-corrected chi connectivity index (χ3v) is 5.99. The largest absolute Gasteiger partial charge is 0.466 e. The van der Waals surface area contributed by atoms with Gasteiger partial charge in [-0.25, -0.2) is 4.79 Å². The lowest BCUT2D eigenvalue weighted by Gasteiger charge is -2.41. The van der Waals surface area contributed by atoms with E-state index in [0.717, 1.165) is 17.5 Å². The Kier molecular flexibility index (Phi) is 6.02. The Bertz CT molecular complexity index is 976. The molecule has 1 fully saturated rings. The molecule has 4 rings (SSSR count). The molecule has 2 heterocycles.